The molecule has 0 bridgehead atoms. The Hall–Kier alpha value is -3.30. The number of ether oxygens (including phenoxy) is 2. The molecule has 9 heteroatoms. The maximum Gasteiger partial charge on any atom is 0.251 e. The van der Waals surface area contributed by atoms with Crippen molar-refractivity contribution in [2.75, 3.05) is 32.7 Å². The van der Waals surface area contributed by atoms with Gasteiger partial charge in [-0.25, -0.2) is 4.98 Å². The molecular weight excluding hydrogens is 398 g/mol. The van der Waals surface area contributed by atoms with Crippen LogP contribution in [0.5, 0.6) is 5.75 Å². The molecule has 1 aromatic carbocycles. The van der Waals surface area contributed by atoms with Crippen molar-refractivity contribution < 1.29 is 18.8 Å². The smallest absolute Gasteiger partial charge is 0.251 e. The normalized spacial score (nSPS) is 16.4. The highest BCUT2D eigenvalue weighted by atomic mass is 16.5. The van der Waals surface area contributed by atoms with E-state index in [9.17, 15) is 4.79 Å². The molecule has 0 saturated carbocycles. The van der Waals surface area contributed by atoms with Crippen LogP contribution in [0.2, 0.25) is 0 Å². The van der Waals surface area contributed by atoms with E-state index in [1.807, 2.05) is 12.1 Å². The molecule has 0 spiro atoms. The molecule has 1 aliphatic rings. The van der Waals surface area contributed by atoms with Gasteiger partial charge in [0.25, 0.3) is 5.91 Å². The number of hydrogen-bond acceptors (Lipinski definition) is 8. The number of nitrogens with zero attached hydrogens (tertiary/aromatic N) is 4. The first-order valence-electron chi connectivity index (χ1n) is 10.1. The Balaban J connectivity index is 1.43. The number of amides is 1. The van der Waals surface area contributed by atoms with Gasteiger partial charge < -0.3 is 19.3 Å². The van der Waals surface area contributed by atoms with Crippen LogP contribution >= 0.6 is 0 Å². The van der Waals surface area contributed by atoms with E-state index in [0.29, 0.717) is 17.5 Å². The van der Waals surface area contributed by atoms with Gasteiger partial charge in [-0.2, -0.15) is 4.98 Å². The summed E-state index contributed by atoms with van der Waals surface area (Å²) in [7, 11) is 3.13. The number of pyridine rings is 1. The lowest BCUT2D eigenvalue weighted by Gasteiger charge is -2.21. The predicted molar refractivity (Wildman–Crippen MR) is 113 cm³/mol. The van der Waals surface area contributed by atoms with Gasteiger partial charge in [0, 0.05) is 25.4 Å². The Morgan fingerprint density at radius 1 is 1.23 bits per heavy atom. The summed E-state index contributed by atoms with van der Waals surface area (Å²) in [6.07, 6.45) is 3.66. The second kappa shape index (κ2) is 9.67. The average Bonchev–Trinajstić information content (AvgIpc) is 3.44. The summed E-state index contributed by atoms with van der Waals surface area (Å²) in [5.74, 6) is 2.12. The van der Waals surface area contributed by atoms with Crippen molar-refractivity contribution in [1.82, 2.24) is 20.0 Å². The van der Waals surface area contributed by atoms with E-state index in [0.717, 1.165) is 37.2 Å². The third kappa shape index (κ3) is 5.07. The number of carbonyl (C=O) groups excluding carboxylic acids is 1. The predicted octanol–water partition coefficient (Wildman–Crippen LogP) is 3.06. The number of hydrogen-bond donors (Lipinski definition) is 1. The van der Waals surface area contributed by atoms with Crippen LogP contribution in [0.25, 0.3) is 11.4 Å². The van der Waals surface area contributed by atoms with Gasteiger partial charge in [-0.15, -0.1) is 0 Å². The Labute approximate surface area is 180 Å². The van der Waals surface area contributed by atoms with Crippen LogP contribution in [0.3, 0.4) is 0 Å². The van der Waals surface area contributed by atoms with E-state index in [1.54, 1.807) is 25.4 Å². The van der Waals surface area contributed by atoms with Crippen LogP contribution in [0.1, 0.15) is 30.3 Å². The minimum atomic E-state index is -0.261. The fourth-order valence-corrected chi connectivity index (χ4v) is 3.66. The van der Waals surface area contributed by atoms with Gasteiger partial charge in [0.05, 0.1) is 13.2 Å². The van der Waals surface area contributed by atoms with Gasteiger partial charge in [0.1, 0.15) is 18.2 Å². The highest BCUT2D eigenvalue weighted by Crippen LogP contribution is 2.33. The van der Waals surface area contributed by atoms with Crippen molar-refractivity contribution in [1.29, 1.82) is 0 Å². The van der Waals surface area contributed by atoms with Gasteiger partial charge in [-0.05, 0) is 49.2 Å². The minimum absolute atomic E-state index is 0.0218. The fraction of sp³-hybridized carbons (Fsp3) is 0.364. The highest BCUT2D eigenvalue weighted by Gasteiger charge is 2.30. The lowest BCUT2D eigenvalue weighted by atomic mass is 10.1. The van der Waals surface area contributed by atoms with Crippen molar-refractivity contribution in [3.05, 3.63) is 54.0 Å². The number of carbonyl (C=O) groups is 1. The van der Waals surface area contributed by atoms with Crippen molar-refractivity contribution in [3.63, 3.8) is 0 Å². The number of methoxy groups -OCH3 is 2. The minimum Gasteiger partial charge on any atom is -0.497 e. The molecule has 2 aromatic heterocycles. The first-order valence-corrected chi connectivity index (χ1v) is 10.1. The molecule has 0 radical (unpaired) electrons. The maximum atomic E-state index is 11.6. The molecule has 162 valence electrons. The molecule has 1 aliphatic heterocycles. The number of rotatable bonds is 8. The summed E-state index contributed by atoms with van der Waals surface area (Å²) in [4.78, 5) is 22.8. The van der Waals surface area contributed by atoms with Crippen molar-refractivity contribution in [3.8, 4) is 17.1 Å². The number of benzene rings is 1. The van der Waals surface area contributed by atoms with E-state index in [4.69, 9.17) is 14.0 Å². The molecule has 4 rings (SSSR count). The second-order valence-corrected chi connectivity index (χ2v) is 7.35. The summed E-state index contributed by atoms with van der Waals surface area (Å²) in [6, 6.07) is 11.7. The highest BCUT2D eigenvalue weighted by molar-refractivity contribution is 5.90. The number of anilines is 1. The summed E-state index contributed by atoms with van der Waals surface area (Å²) in [5.41, 5.74) is 1.93. The zero-order valence-corrected chi connectivity index (χ0v) is 17.6. The number of aromatic nitrogens is 3. The van der Waals surface area contributed by atoms with E-state index in [-0.39, 0.29) is 18.6 Å². The average molecular weight is 423 g/mol. The zero-order chi connectivity index (χ0) is 21.6. The molecule has 9 nitrogen and oxygen atoms in total. The second-order valence-electron chi connectivity index (χ2n) is 7.35. The van der Waals surface area contributed by atoms with Gasteiger partial charge in [0.15, 0.2) is 0 Å². The molecule has 1 saturated heterocycles. The zero-order valence-electron chi connectivity index (χ0n) is 17.6. The van der Waals surface area contributed by atoms with Gasteiger partial charge in [-0.1, -0.05) is 17.3 Å². The Morgan fingerprint density at radius 3 is 2.77 bits per heavy atom. The Morgan fingerprint density at radius 2 is 2.06 bits per heavy atom. The Kier molecular flexibility index (Phi) is 6.54. The standard InChI is InChI=1S/C22H25N5O4/c1-29-14-20(28)24-19-10-7-16(12-23-19)21-25-22(31-26-21)18-4-3-11-27(18)13-15-5-8-17(30-2)9-6-15/h5-10,12,18H,3-4,11,13-14H2,1-2H3,(H,23,24,28)/t18-/m1/s1. The first-order chi connectivity index (χ1) is 15.2. The van der Waals surface area contributed by atoms with Crippen molar-refractivity contribution in [2.24, 2.45) is 0 Å². The summed E-state index contributed by atoms with van der Waals surface area (Å²) in [6.45, 7) is 1.77. The van der Waals surface area contributed by atoms with E-state index in [1.165, 1.54) is 12.7 Å². The molecule has 3 aromatic rings. The monoisotopic (exact) mass is 423 g/mol. The fourth-order valence-electron chi connectivity index (χ4n) is 3.66. The third-order valence-corrected chi connectivity index (χ3v) is 5.20. The topological polar surface area (TPSA) is 103 Å². The summed E-state index contributed by atoms with van der Waals surface area (Å²) < 4.78 is 15.6. The first kappa shape index (κ1) is 21.0. The van der Waals surface area contributed by atoms with Gasteiger partial charge >= 0.3 is 0 Å². The van der Waals surface area contributed by atoms with Crippen molar-refractivity contribution >= 4 is 11.7 Å². The quantitative estimate of drug-likeness (QED) is 0.590. The van der Waals surface area contributed by atoms with Gasteiger partial charge in [0.2, 0.25) is 11.7 Å². The molecule has 1 amide bonds. The number of likely N-dealkylation sites (tertiary alicyclic amines) is 1. The van der Waals surface area contributed by atoms with Crippen LogP contribution in [0.15, 0.2) is 47.1 Å². The van der Waals surface area contributed by atoms with Crippen LogP contribution < -0.4 is 10.1 Å². The Bertz CT molecular complexity index is 1000. The van der Waals surface area contributed by atoms with Crippen LogP contribution in [0.4, 0.5) is 5.82 Å². The van der Waals surface area contributed by atoms with Crippen LogP contribution in [-0.4, -0.2) is 53.3 Å². The van der Waals surface area contributed by atoms with E-state index in [2.05, 4.69) is 37.5 Å². The molecule has 1 N–H and O–H groups in total. The lowest BCUT2D eigenvalue weighted by Crippen LogP contribution is -2.23. The van der Waals surface area contributed by atoms with Crippen molar-refractivity contribution in [2.45, 2.75) is 25.4 Å². The van der Waals surface area contributed by atoms with Crippen LogP contribution in [-0.2, 0) is 16.1 Å². The largest absolute Gasteiger partial charge is 0.497 e. The molecule has 1 fully saturated rings. The molecule has 31 heavy (non-hydrogen) atoms. The molecule has 1 atom stereocenters. The van der Waals surface area contributed by atoms with E-state index >= 15 is 0 Å². The molecule has 3 heterocycles. The third-order valence-electron chi connectivity index (χ3n) is 5.20. The molecular formula is C22H25N5O4. The van der Waals surface area contributed by atoms with Crippen LogP contribution in [0, 0.1) is 0 Å². The SMILES string of the molecule is COCC(=O)Nc1ccc(-c2noc([C@H]3CCCN3Cc3ccc(OC)cc3)n2)cn1. The van der Waals surface area contributed by atoms with E-state index < -0.39 is 0 Å². The maximum absolute atomic E-state index is 11.6. The lowest BCUT2D eigenvalue weighted by molar-refractivity contribution is -0.119. The molecule has 0 aliphatic carbocycles. The summed E-state index contributed by atoms with van der Waals surface area (Å²) >= 11 is 0. The number of nitrogens with one attached hydrogen (secondary N) is 1. The summed E-state index contributed by atoms with van der Waals surface area (Å²) in [5, 5.41) is 6.79. The van der Waals surface area contributed by atoms with Gasteiger partial charge in [-0.3, -0.25) is 9.69 Å². The molecule has 0 unspecified atom stereocenters.